The van der Waals surface area contributed by atoms with E-state index in [1.165, 1.54) is 0 Å². The predicted molar refractivity (Wildman–Crippen MR) is 86.4 cm³/mol. The van der Waals surface area contributed by atoms with E-state index in [9.17, 15) is 13.2 Å². The van der Waals surface area contributed by atoms with E-state index < -0.39 is 9.84 Å². The van der Waals surface area contributed by atoms with E-state index in [1.807, 2.05) is 6.07 Å². The molecule has 0 aliphatic carbocycles. The average molecular weight is 339 g/mol. The lowest BCUT2D eigenvalue weighted by Crippen LogP contribution is -2.36. The monoisotopic (exact) mass is 339 g/mol. The van der Waals surface area contributed by atoms with Crippen LogP contribution in [0.2, 0.25) is 0 Å². The number of rotatable bonds is 4. The van der Waals surface area contributed by atoms with Gasteiger partial charge < -0.3 is 15.0 Å². The van der Waals surface area contributed by atoms with Crippen LogP contribution in [-0.2, 0) is 14.6 Å². The number of carbonyl (C=O) groups excluding carboxylic acids is 1. The summed E-state index contributed by atoms with van der Waals surface area (Å²) in [5, 5.41) is 2.80. The van der Waals surface area contributed by atoms with Crippen LogP contribution in [-0.4, -0.2) is 63.7 Å². The fourth-order valence-electron chi connectivity index (χ4n) is 2.87. The lowest BCUT2D eigenvalue weighted by atomic mass is 10.1. The third-order valence-electron chi connectivity index (χ3n) is 4.22. The van der Waals surface area contributed by atoms with Crippen LogP contribution < -0.4 is 10.2 Å². The second-order valence-electron chi connectivity index (χ2n) is 5.98. The molecule has 0 saturated carbocycles. The van der Waals surface area contributed by atoms with Gasteiger partial charge in [-0.25, -0.2) is 13.4 Å². The molecule has 0 unspecified atom stereocenters. The molecule has 1 amide bonds. The first-order valence-corrected chi connectivity index (χ1v) is 9.63. The minimum absolute atomic E-state index is 0.0181. The van der Waals surface area contributed by atoms with E-state index >= 15 is 0 Å². The Hall–Kier alpha value is -1.67. The first-order chi connectivity index (χ1) is 11.0. The number of nitrogens with zero attached hydrogens (tertiary/aromatic N) is 2. The Morgan fingerprint density at radius 1 is 1.35 bits per heavy atom. The van der Waals surface area contributed by atoms with Crippen LogP contribution in [0.1, 0.15) is 16.8 Å². The molecule has 0 aromatic carbocycles. The van der Waals surface area contributed by atoms with Crippen molar-refractivity contribution in [1.82, 2.24) is 10.3 Å². The minimum Gasteiger partial charge on any atom is -0.378 e. The molecule has 0 radical (unpaired) electrons. The van der Waals surface area contributed by atoms with Crippen molar-refractivity contribution in [3.8, 4) is 0 Å². The number of aromatic nitrogens is 1. The summed E-state index contributed by atoms with van der Waals surface area (Å²) >= 11 is 0. The van der Waals surface area contributed by atoms with E-state index in [4.69, 9.17) is 4.74 Å². The standard InChI is InChI=1S/C15H21N3O4S/c19-15(17-9-12-3-8-23(20,21)11-12)13-1-2-14(16-10-13)18-4-6-22-7-5-18/h1-2,10,12H,3-9,11H2,(H,17,19)/t12-/m0/s1. The maximum Gasteiger partial charge on any atom is 0.252 e. The zero-order chi connectivity index (χ0) is 16.3. The van der Waals surface area contributed by atoms with E-state index in [0.29, 0.717) is 31.7 Å². The third kappa shape index (κ3) is 4.20. The highest BCUT2D eigenvalue weighted by molar-refractivity contribution is 7.91. The topological polar surface area (TPSA) is 88.6 Å². The zero-order valence-electron chi connectivity index (χ0n) is 12.9. The molecule has 1 atom stereocenters. The van der Waals surface area contributed by atoms with Crippen LogP contribution in [0.5, 0.6) is 0 Å². The molecule has 3 rings (SSSR count). The van der Waals surface area contributed by atoms with Crippen LogP contribution >= 0.6 is 0 Å². The number of anilines is 1. The molecule has 0 bridgehead atoms. The highest BCUT2D eigenvalue weighted by atomic mass is 32.2. The number of carbonyl (C=O) groups is 1. The largest absolute Gasteiger partial charge is 0.378 e. The summed E-state index contributed by atoms with van der Waals surface area (Å²) in [5.41, 5.74) is 0.489. The maximum atomic E-state index is 12.1. The number of sulfone groups is 1. The molecule has 23 heavy (non-hydrogen) atoms. The van der Waals surface area contributed by atoms with Gasteiger partial charge in [0.05, 0.1) is 30.3 Å². The van der Waals surface area contributed by atoms with Gasteiger partial charge in [0.2, 0.25) is 0 Å². The van der Waals surface area contributed by atoms with Crippen LogP contribution in [0, 0.1) is 5.92 Å². The second kappa shape index (κ2) is 6.84. The molecule has 3 heterocycles. The van der Waals surface area contributed by atoms with E-state index in [-0.39, 0.29) is 23.3 Å². The molecular formula is C15H21N3O4S. The molecular weight excluding hydrogens is 318 g/mol. The summed E-state index contributed by atoms with van der Waals surface area (Å²) in [6.45, 7) is 3.37. The molecule has 8 heteroatoms. The highest BCUT2D eigenvalue weighted by Crippen LogP contribution is 2.18. The first-order valence-electron chi connectivity index (χ1n) is 7.81. The molecule has 1 aromatic heterocycles. The van der Waals surface area contributed by atoms with E-state index in [0.717, 1.165) is 18.9 Å². The van der Waals surface area contributed by atoms with E-state index in [2.05, 4.69) is 15.2 Å². The fourth-order valence-corrected chi connectivity index (χ4v) is 4.73. The van der Waals surface area contributed by atoms with Gasteiger partial charge in [0.15, 0.2) is 9.84 Å². The van der Waals surface area contributed by atoms with Crippen molar-refractivity contribution in [2.45, 2.75) is 6.42 Å². The Balaban J connectivity index is 1.53. The average Bonchev–Trinajstić information content (AvgIpc) is 2.93. The Morgan fingerprint density at radius 3 is 2.74 bits per heavy atom. The van der Waals surface area contributed by atoms with Crippen LogP contribution in [0.15, 0.2) is 18.3 Å². The zero-order valence-corrected chi connectivity index (χ0v) is 13.7. The summed E-state index contributed by atoms with van der Waals surface area (Å²) in [6.07, 6.45) is 2.18. The van der Waals surface area contributed by atoms with Crippen LogP contribution in [0.4, 0.5) is 5.82 Å². The summed E-state index contributed by atoms with van der Waals surface area (Å²) in [6, 6.07) is 3.58. The maximum absolute atomic E-state index is 12.1. The van der Waals surface area contributed by atoms with Gasteiger partial charge in [0, 0.05) is 25.8 Å². The van der Waals surface area contributed by atoms with Crippen molar-refractivity contribution in [3.05, 3.63) is 23.9 Å². The molecule has 2 fully saturated rings. The highest BCUT2D eigenvalue weighted by Gasteiger charge is 2.28. The van der Waals surface area contributed by atoms with Gasteiger partial charge in [-0.15, -0.1) is 0 Å². The number of hydrogen-bond acceptors (Lipinski definition) is 6. The Morgan fingerprint density at radius 2 is 2.13 bits per heavy atom. The van der Waals surface area contributed by atoms with Gasteiger partial charge >= 0.3 is 0 Å². The summed E-state index contributed by atoms with van der Waals surface area (Å²) in [7, 11) is -2.91. The number of morpholine rings is 1. The number of ether oxygens (including phenoxy) is 1. The van der Waals surface area contributed by atoms with Gasteiger partial charge in [0.1, 0.15) is 5.82 Å². The Kier molecular flexibility index (Phi) is 4.82. The molecule has 7 nitrogen and oxygen atoms in total. The summed E-state index contributed by atoms with van der Waals surface area (Å²) in [4.78, 5) is 18.6. The molecule has 2 aliphatic rings. The second-order valence-corrected chi connectivity index (χ2v) is 8.21. The summed E-state index contributed by atoms with van der Waals surface area (Å²) < 4.78 is 28.1. The quantitative estimate of drug-likeness (QED) is 0.836. The van der Waals surface area contributed by atoms with Crippen molar-refractivity contribution in [2.75, 3.05) is 49.3 Å². The van der Waals surface area contributed by atoms with Gasteiger partial charge in [-0.3, -0.25) is 4.79 Å². The Bertz CT molecular complexity index is 654. The number of pyridine rings is 1. The van der Waals surface area contributed by atoms with E-state index in [1.54, 1.807) is 12.3 Å². The first kappa shape index (κ1) is 16.2. The molecule has 1 N–H and O–H groups in total. The molecule has 2 aliphatic heterocycles. The van der Waals surface area contributed by atoms with Gasteiger partial charge in [0.25, 0.3) is 5.91 Å². The summed E-state index contributed by atoms with van der Waals surface area (Å²) in [5.74, 6) is 1.04. The van der Waals surface area contributed by atoms with Crippen molar-refractivity contribution >= 4 is 21.6 Å². The van der Waals surface area contributed by atoms with Crippen LogP contribution in [0.3, 0.4) is 0 Å². The molecule has 126 valence electrons. The lowest BCUT2D eigenvalue weighted by molar-refractivity contribution is 0.0948. The lowest BCUT2D eigenvalue weighted by Gasteiger charge is -2.27. The number of amides is 1. The number of hydrogen-bond donors (Lipinski definition) is 1. The van der Waals surface area contributed by atoms with Crippen molar-refractivity contribution in [1.29, 1.82) is 0 Å². The van der Waals surface area contributed by atoms with Gasteiger partial charge in [-0.2, -0.15) is 0 Å². The third-order valence-corrected chi connectivity index (χ3v) is 6.06. The van der Waals surface area contributed by atoms with Gasteiger partial charge in [-0.05, 0) is 24.5 Å². The molecule has 0 spiro atoms. The fraction of sp³-hybridized carbons (Fsp3) is 0.600. The van der Waals surface area contributed by atoms with Crippen molar-refractivity contribution < 1.29 is 17.9 Å². The van der Waals surface area contributed by atoms with Crippen molar-refractivity contribution in [2.24, 2.45) is 5.92 Å². The minimum atomic E-state index is -2.91. The smallest absolute Gasteiger partial charge is 0.252 e. The van der Waals surface area contributed by atoms with Gasteiger partial charge in [-0.1, -0.05) is 0 Å². The van der Waals surface area contributed by atoms with Crippen molar-refractivity contribution in [3.63, 3.8) is 0 Å². The molecule has 2 saturated heterocycles. The molecule has 1 aromatic rings. The van der Waals surface area contributed by atoms with Crippen LogP contribution in [0.25, 0.3) is 0 Å². The normalized spacial score (nSPS) is 23.7. The predicted octanol–water partition coefficient (Wildman–Crippen LogP) is 0.0827. The Labute approximate surface area is 135 Å². The SMILES string of the molecule is O=C(NC[C@@H]1CCS(=O)(=O)C1)c1ccc(N2CCOCC2)nc1. The number of nitrogens with one attached hydrogen (secondary N) is 1.